The maximum absolute atomic E-state index is 8.76. The number of hydrogen-bond donors (Lipinski definition) is 1. The van der Waals surface area contributed by atoms with E-state index in [0.717, 1.165) is 8.46 Å². The molecule has 1 aromatic rings. The van der Waals surface area contributed by atoms with E-state index < -0.39 is 0 Å². The van der Waals surface area contributed by atoms with Crippen molar-refractivity contribution < 1.29 is 5.11 Å². The zero-order chi connectivity index (χ0) is 9.68. The molecule has 0 amide bonds. The quantitative estimate of drug-likeness (QED) is 0.623. The van der Waals surface area contributed by atoms with Crippen LogP contribution in [-0.4, -0.2) is 41.6 Å². The number of aliphatic hydroxyl groups excluding tert-OH is 1. The fraction of sp³-hybridized carbons (Fsp3) is 0.571. The molecule has 0 atom stereocenters. The summed E-state index contributed by atoms with van der Waals surface area (Å²) in [7, 11) is 0. The van der Waals surface area contributed by atoms with Gasteiger partial charge in [0.2, 0.25) is 0 Å². The molecule has 0 saturated heterocycles. The summed E-state index contributed by atoms with van der Waals surface area (Å²) in [5.41, 5.74) is 0. The molecule has 0 aromatic carbocycles. The first-order chi connectivity index (χ1) is 6.27. The molecular formula is C7H10OS3Se2. The van der Waals surface area contributed by atoms with Crippen molar-refractivity contribution in [2.24, 2.45) is 0 Å². The Morgan fingerprint density at radius 3 is 2.46 bits per heavy atom. The second-order valence-electron chi connectivity index (χ2n) is 2.03. The maximum atomic E-state index is 8.76. The van der Waals surface area contributed by atoms with E-state index in [1.165, 1.54) is 12.9 Å². The van der Waals surface area contributed by atoms with E-state index in [-0.39, 0.29) is 0 Å². The Hall–Kier alpha value is 1.27. The molecule has 0 spiro atoms. The molecule has 0 aliphatic rings. The van der Waals surface area contributed by atoms with Gasteiger partial charge in [0, 0.05) is 0 Å². The van der Waals surface area contributed by atoms with Gasteiger partial charge in [0.25, 0.3) is 0 Å². The summed E-state index contributed by atoms with van der Waals surface area (Å²) in [5, 5.41) is 10.9. The summed E-state index contributed by atoms with van der Waals surface area (Å²) in [6, 6.07) is 0. The molecule has 1 aromatic heterocycles. The molecule has 1 rings (SSSR count). The molecule has 1 N–H and O–H groups in total. The van der Waals surface area contributed by atoms with E-state index in [9.17, 15) is 0 Å². The monoisotopic (exact) mass is 366 g/mol. The standard InChI is InChI=1S/C7H10OS3Se2/c1-2-12-5-6(13-4-3-8)11-7(9)10-5/h8H,2-4H2,1H3. The van der Waals surface area contributed by atoms with Crippen molar-refractivity contribution in [3.8, 4) is 0 Å². The van der Waals surface area contributed by atoms with Gasteiger partial charge in [-0.1, -0.05) is 0 Å². The van der Waals surface area contributed by atoms with Crippen LogP contribution < -0.4 is 7.55 Å². The Labute approximate surface area is 104 Å². The molecule has 0 aliphatic heterocycles. The molecule has 0 saturated carbocycles. The van der Waals surface area contributed by atoms with Crippen LogP contribution in [0, 0.1) is 3.14 Å². The summed E-state index contributed by atoms with van der Waals surface area (Å²) in [4.78, 5) is 0. The van der Waals surface area contributed by atoms with E-state index in [0.29, 0.717) is 36.5 Å². The molecule has 1 nitrogen and oxygen atoms in total. The predicted octanol–water partition coefficient (Wildman–Crippen LogP) is 1.05. The molecule has 74 valence electrons. The minimum atomic E-state index is 0.313. The van der Waals surface area contributed by atoms with Gasteiger partial charge in [0.1, 0.15) is 0 Å². The van der Waals surface area contributed by atoms with Gasteiger partial charge in [-0.3, -0.25) is 0 Å². The molecule has 0 unspecified atom stereocenters. The molecule has 13 heavy (non-hydrogen) atoms. The molecule has 0 radical (unpaired) electrons. The fourth-order valence-corrected chi connectivity index (χ4v) is 11.0. The molecule has 0 fully saturated rings. The second kappa shape index (κ2) is 6.70. The fourth-order valence-electron chi connectivity index (χ4n) is 0.702. The van der Waals surface area contributed by atoms with Crippen LogP contribution >= 0.6 is 34.9 Å². The van der Waals surface area contributed by atoms with Crippen molar-refractivity contribution >= 4 is 72.4 Å². The predicted molar refractivity (Wildman–Crippen MR) is 66.2 cm³/mol. The van der Waals surface area contributed by atoms with Crippen molar-refractivity contribution in [3.63, 3.8) is 0 Å². The van der Waals surface area contributed by atoms with Crippen LogP contribution in [0.4, 0.5) is 0 Å². The number of aliphatic hydroxyl groups is 1. The van der Waals surface area contributed by atoms with Crippen molar-refractivity contribution in [2.45, 2.75) is 17.6 Å². The van der Waals surface area contributed by atoms with Gasteiger partial charge in [-0.25, -0.2) is 0 Å². The Morgan fingerprint density at radius 2 is 1.92 bits per heavy atom. The average molecular weight is 364 g/mol. The SMILES string of the molecule is CC[Se]c1sc(=S)sc1[Se]CCO. The molecular weight excluding hydrogens is 354 g/mol. The second-order valence-corrected chi connectivity index (χ2v) is 11.4. The van der Waals surface area contributed by atoms with Crippen LogP contribution in [0.1, 0.15) is 6.92 Å². The van der Waals surface area contributed by atoms with Gasteiger partial charge < -0.3 is 0 Å². The van der Waals surface area contributed by atoms with Gasteiger partial charge in [0.05, 0.1) is 0 Å². The third kappa shape index (κ3) is 4.10. The first-order valence-electron chi connectivity index (χ1n) is 3.78. The van der Waals surface area contributed by atoms with Gasteiger partial charge in [0.15, 0.2) is 0 Å². The van der Waals surface area contributed by atoms with Crippen LogP contribution in [0.5, 0.6) is 0 Å². The van der Waals surface area contributed by atoms with E-state index in [2.05, 4.69) is 6.92 Å². The summed E-state index contributed by atoms with van der Waals surface area (Å²) in [6.07, 6.45) is 0. The first kappa shape index (κ1) is 12.3. The van der Waals surface area contributed by atoms with Crippen LogP contribution in [0.3, 0.4) is 0 Å². The topological polar surface area (TPSA) is 20.2 Å². The zero-order valence-corrected chi connectivity index (χ0v) is 13.0. The summed E-state index contributed by atoms with van der Waals surface area (Å²) in [5.74, 6) is 0. The van der Waals surface area contributed by atoms with Crippen LogP contribution in [0.25, 0.3) is 0 Å². The first-order valence-corrected chi connectivity index (χ1v) is 9.96. The molecule has 1 heterocycles. The Balaban J connectivity index is 2.72. The van der Waals surface area contributed by atoms with E-state index >= 15 is 0 Å². The molecule has 6 heteroatoms. The van der Waals surface area contributed by atoms with Gasteiger partial charge >= 0.3 is 105 Å². The van der Waals surface area contributed by atoms with E-state index in [1.807, 2.05) is 0 Å². The van der Waals surface area contributed by atoms with Crippen LogP contribution in [-0.2, 0) is 0 Å². The third-order valence-corrected chi connectivity index (χ3v) is 10.2. The summed E-state index contributed by atoms with van der Waals surface area (Å²) >= 11 is 9.80. The number of hydrogen-bond acceptors (Lipinski definition) is 4. The number of rotatable bonds is 5. The minimum absolute atomic E-state index is 0.313. The van der Waals surface area contributed by atoms with Crippen molar-refractivity contribution in [2.75, 3.05) is 6.61 Å². The zero-order valence-electron chi connectivity index (χ0n) is 7.11. The van der Waals surface area contributed by atoms with Crippen LogP contribution in [0.2, 0.25) is 10.6 Å². The summed E-state index contributed by atoms with van der Waals surface area (Å²) < 4.78 is 4.07. The van der Waals surface area contributed by atoms with Crippen molar-refractivity contribution in [3.05, 3.63) is 3.14 Å². The summed E-state index contributed by atoms with van der Waals surface area (Å²) in [6.45, 7) is 2.53. The normalized spacial score (nSPS) is 10.6. The van der Waals surface area contributed by atoms with Gasteiger partial charge in [-0.15, -0.1) is 0 Å². The molecule has 0 bridgehead atoms. The van der Waals surface area contributed by atoms with Crippen molar-refractivity contribution in [1.82, 2.24) is 0 Å². The van der Waals surface area contributed by atoms with E-state index in [1.54, 1.807) is 22.7 Å². The van der Waals surface area contributed by atoms with Crippen molar-refractivity contribution in [1.29, 1.82) is 0 Å². The Kier molecular flexibility index (Phi) is 6.36. The Morgan fingerprint density at radius 1 is 1.31 bits per heavy atom. The van der Waals surface area contributed by atoms with E-state index in [4.69, 9.17) is 17.3 Å². The van der Waals surface area contributed by atoms with Gasteiger partial charge in [-0.05, 0) is 0 Å². The average Bonchev–Trinajstić information content (AvgIpc) is 2.44. The Bertz CT molecular complexity index is 307. The third-order valence-electron chi connectivity index (χ3n) is 1.12. The molecule has 0 aliphatic carbocycles. The van der Waals surface area contributed by atoms with Gasteiger partial charge in [-0.2, -0.15) is 0 Å². The van der Waals surface area contributed by atoms with Crippen LogP contribution in [0.15, 0.2) is 0 Å².